The van der Waals surface area contributed by atoms with Crippen LogP contribution >= 0.6 is 0 Å². The standard InChI is InChI=1S/C10H14N2O/c1-13-10-8(12)5-3-6-2-4-7(11)9(6)10/h3,5,7H,2,4,11-12H2,1H3. The number of nitrogens with two attached hydrogens (primary N) is 2. The molecule has 70 valence electrons. The second kappa shape index (κ2) is 2.92. The Balaban J connectivity index is 2.60. The van der Waals surface area contributed by atoms with Gasteiger partial charge >= 0.3 is 0 Å². The molecule has 1 aliphatic rings. The molecule has 0 amide bonds. The minimum absolute atomic E-state index is 0.0912. The average molecular weight is 178 g/mol. The van der Waals surface area contributed by atoms with Crippen LogP contribution in [0.1, 0.15) is 23.6 Å². The number of nitrogen functional groups attached to an aromatic ring is 1. The molecule has 1 aromatic carbocycles. The quantitative estimate of drug-likeness (QED) is 0.636. The van der Waals surface area contributed by atoms with Crippen molar-refractivity contribution in [1.29, 1.82) is 0 Å². The minimum Gasteiger partial charge on any atom is -0.494 e. The van der Waals surface area contributed by atoms with Gasteiger partial charge in [0, 0.05) is 11.6 Å². The molecule has 0 heterocycles. The van der Waals surface area contributed by atoms with Gasteiger partial charge in [-0.25, -0.2) is 0 Å². The molecule has 0 saturated carbocycles. The Morgan fingerprint density at radius 3 is 2.92 bits per heavy atom. The van der Waals surface area contributed by atoms with E-state index < -0.39 is 0 Å². The normalized spacial score (nSPS) is 20.0. The molecule has 3 heteroatoms. The van der Waals surface area contributed by atoms with Gasteiger partial charge in [-0.3, -0.25) is 0 Å². The van der Waals surface area contributed by atoms with E-state index >= 15 is 0 Å². The van der Waals surface area contributed by atoms with Gasteiger partial charge in [0.05, 0.1) is 12.8 Å². The second-order valence-electron chi connectivity index (χ2n) is 3.41. The monoisotopic (exact) mass is 178 g/mol. The molecule has 13 heavy (non-hydrogen) atoms. The van der Waals surface area contributed by atoms with E-state index in [1.807, 2.05) is 12.1 Å². The van der Waals surface area contributed by atoms with Crippen molar-refractivity contribution in [2.24, 2.45) is 5.73 Å². The van der Waals surface area contributed by atoms with E-state index in [1.54, 1.807) is 7.11 Å². The number of fused-ring (bicyclic) bond motifs is 1. The molecule has 0 saturated heterocycles. The van der Waals surface area contributed by atoms with Crippen LogP contribution in [-0.4, -0.2) is 7.11 Å². The van der Waals surface area contributed by atoms with Gasteiger partial charge in [0.15, 0.2) is 0 Å². The first-order chi connectivity index (χ1) is 6.24. The van der Waals surface area contributed by atoms with Crippen LogP contribution < -0.4 is 16.2 Å². The predicted octanol–water partition coefficient (Wildman–Crippen LogP) is 1.22. The molecular formula is C10H14N2O. The van der Waals surface area contributed by atoms with Crippen molar-refractivity contribution in [2.45, 2.75) is 18.9 Å². The number of hydrogen-bond acceptors (Lipinski definition) is 3. The van der Waals surface area contributed by atoms with E-state index in [0.717, 1.165) is 24.2 Å². The summed E-state index contributed by atoms with van der Waals surface area (Å²) < 4.78 is 5.25. The molecule has 1 unspecified atom stereocenters. The molecular weight excluding hydrogens is 164 g/mol. The summed E-state index contributed by atoms with van der Waals surface area (Å²) in [7, 11) is 1.64. The minimum atomic E-state index is 0.0912. The van der Waals surface area contributed by atoms with Gasteiger partial charge in [-0.1, -0.05) is 6.07 Å². The SMILES string of the molecule is COc1c(N)ccc2c1C(N)CC2. The summed E-state index contributed by atoms with van der Waals surface area (Å²) in [5.41, 5.74) is 14.8. The van der Waals surface area contributed by atoms with Gasteiger partial charge in [-0.2, -0.15) is 0 Å². The van der Waals surface area contributed by atoms with Crippen LogP contribution in [0.15, 0.2) is 12.1 Å². The molecule has 2 rings (SSSR count). The Hall–Kier alpha value is -1.22. The Kier molecular flexibility index (Phi) is 1.88. The highest BCUT2D eigenvalue weighted by Gasteiger charge is 2.24. The fourth-order valence-corrected chi connectivity index (χ4v) is 1.96. The van der Waals surface area contributed by atoms with Gasteiger partial charge in [0.1, 0.15) is 5.75 Å². The maximum atomic E-state index is 5.96. The highest BCUT2D eigenvalue weighted by Crippen LogP contribution is 2.39. The van der Waals surface area contributed by atoms with Crippen molar-refractivity contribution < 1.29 is 4.74 Å². The summed E-state index contributed by atoms with van der Waals surface area (Å²) in [5.74, 6) is 0.766. The van der Waals surface area contributed by atoms with Crippen LogP contribution in [0.25, 0.3) is 0 Å². The van der Waals surface area contributed by atoms with Crippen LogP contribution in [0.5, 0.6) is 5.75 Å². The third-order valence-corrected chi connectivity index (χ3v) is 2.62. The number of ether oxygens (including phenoxy) is 1. The van der Waals surface area contributed by atoms with E-state index in [0.29, 0.717) is 5.69 Å². The van der Waals surface area contributed by atoms with E-state index in [4.69, 9.17) is 16.2 Å². The van der Waals surface area contributed by atoms with Gasteiger partial charge in [0.2, 0.25) is 0 Å². The highest BCUT2D eigenvalue weighted by molar-refractivity contribution is 5.61. The van der Waals surface area contributed by atoms with Crippen molar-refractivity contribution in [1.82, 2.24) is 0 Å². The third kappa shape index (κ3) is 1.16. The number of hydrogen-bond donors (Lipinski definition) is 2. The Morgan fingerprint density at radius 1 is 1.46 bits per heavy atom. The molecule has 4 N–H and O–H groups in total. The number of rotatable bonds is 1. The fourth-order valence-electron chi connectivity index (χ4n) is 1.96. The van der Waals surface area contributed by atoms with Crippen molar-refractivity contribution in [2.75, 3.05) is 12.8 Å². The van der Waals surface area contributed by atoms with Crippen LogP contribution in [0.3, 0.4) is 0 Å². The maximum absolute atomic E-state index is 5.96. The molecule has 0 radical (unpaired) electrons. The Morgan fingerprint density at radius 2 is 2.23 bits per heavy atom. The predicted molar refractivity (Wildman–Crippen MR) is 52.7 cm³/mol. The first-order valence-corrected chi connectivity index (χ1v) is 4.45. The first kappa shape index (κ1) is 8.38. The zero-order chi connectivity index (χ0) is 9.42. The number of anilines is 1. The summed E-state index contributed by atoms with van der Waals surface area (Å²) in [6.07, 6.45) is 2.03. The lowest BCUT2D eigenvalue weighted by Crippen LogP contribution is -2.08. The lowest BCUT2D eigenvalue weighted by molar-refractivity contribution is 0.409. The lowest BCUT2D eigenvalue weighted by atomic mass is 10.1. The smallest absolute Gasteiger partial charge is 0.146 e. The zero-order valence-corrected chi connectivity index (χ0v) is 7.71. The van der Waals surface area contributed by atoms with Crippen LogP contribution in [0.4, 0.5) is 5.69 Å². The van der Waals surface area contributed by atoms with Gasteiger partial charge in [0.25, 0.3) is 0 Å². The second-order valence-corrected chi connectivity index (χ2v) is 3.41. The van der Waals surface area contributed by atoms with Crippen LogP contribution in [-0.2, 0) is 6.42 Å². The molecule has 1 atom stereocenters. The molecule has 1 aliphatic carbocycles. The lowest BCUT2D eigenvalue weighted by Gasteiger charge is -2.12. The average Bonchev–Trinajstić information content (AvgIpc) is 2.49. The van der Waals surface area contributed by atoms with Crippen LogP contribution in [0, 0.1) is 0 Å². The highest BCUT2D eigenvalue weighted by atomic mass is 16.5. The maximum Gasteiger partial charge on any atom is 0.146 e. The molecule has 0 aromatic heterocycles. The Labute approximate surface area is 77.7 Å². The summed E-state index contributed by atoms with van der Waals surface area (Å²) in [6, 6.07) is 4.02. The number of aryl methyl sites for hydroxylation is 1. The number of methoxy groups -OCH3 is 1. The van der Waals surface area contributed by atoms with E-state index in [1.165, 1.54) is 5.56 Å². The molecule has 0 aliphatic heterocycles. The third-order valence-electron chi connectivity index (χ3n) is 2.62. The van der Waals surface area contributed by atoms with Gasteiger partial charge in [-0.05, 0) is 24.5 Å². The molecule has 0 fully saturated rings. The molecule has 0 bridgehead atoms. The molecule has 1 aromatic rings. The van der Waals surface area contributed by atoms with Crippen molar-refractivity contribution in [3.63, 3.8) is 0 Å². The first-order valence-electron chi connectivity index (χ1n) is 4.45. The zero-order valence-electron chi connectivity index (χ0n) is 7.71. The van der Waals surface area contributed by atoms with Crippen LogP contribution in [0.2, 0.25) is 0 Å². The molecule has 3 nitrogen and oxygen atoms in total. The summed E-state index contributed by atoms with van der Waals surface area (Å²) in [4.78, 5) is 0. The van der Waals surface area contributed by atoms with E-state index in [2.05, 4.69) is 0 Å². The topological polar surface area (TPSA) is 61.3 Å². The van der Waals surface area contributed by atoms with Gasteiger partial charge in [-0.15, -0.1) is 0 Å². The summed E-state index contributed by atoms with van der Waals surface area (Å²) in [5, 5.41) is 0. The Bertz CT molecular complexity index is 336. The van der Waals surface area contributed by atoms with Crippen molar-refractivity contribution >= 4 is 5.69 Å². The number of benzene rings is 1. The van der Waals surface area contributed by atoms with Crippen molar-refractivity contribution in [3.05, 3.63) is 23.3 Å². The van der Waals surface area contributed by atoms with E-state index in [-0.39, 0.29) is 6.04 Å². The van der Waals surface area contributed by atoms with E-state index in [9.17, 15) is 0 Å². The fraction of sp³-hybridized carbons (Fsp3) is 0.400. The van der Waals surface area contributed by atoms with Crippen molar-refractivity contribution in [3.8, 4) is 5.75 Å². The van der Waals surface area contributed by atoms with Gasteiger partial charge < -0.3 is 16.2 Å². The largest absolute Gasteiger partial charge is 0.494 e. The summed E-state index contributed by atoms with van der Waals surface area (Å²) >= 11 is 0. The summed E-state index contributed by atoms with van der Waals surface area (Å²) in [6.45, 7) is 0. The molecule has 0 spiro atoms.